The molecule has 0 atom stereocenters. The fourth-order valence-corrected chi connectivity index (χ4v) is 1.99. The lowest BCUT2D eigenvalue weighted by Gasteiger charge is -2.23. The van der Waals surface area contributed by atoms with E-state index in [1.165, 1.54) is 6.33 Å². The van der Waals surface area contributed by atoms with Crippen LogP contribution in [0.25, 0.3) is 0 Å². The van der Waals surface area contributed by atoms with Gasteiger partial charge in [0.1, 0.15) is 23.6 Å². The van der Waals surface area contributed by atoms with Crippen molar-refractivity contribution in [1.29, 1.82) is 0 Å². The molecule has 0 saturated carbocycles. The van der Waals surface area contributed by atoms with Gasteiger partial charge in [-0.05, 0) is 19.1 Å². The summed E-state index contributed by atoms with van der Waals surface area (Å²) >= 11 is 0. The van der Waals surface area contributed by atoms with E-state index in [0.717, 1.165) is 18.2 Å². The zero-order valence-electron chi connectivity index (χ0n) is 12.1. The van der Waals surface area contributed by atoms with Crippen molar-refractivity contribution in [2.24, 2.45) is 0 Å². The number of aromatic nitrogens is 2. The van der Waals surface area contributed by atoms with Crippen molar-refractivity contribution in [2.75, 3.05) is 35.6 Å². The summed E-state index contributed by atoms with van der Waals surface area (Å²) in [6, 6.07) is 3.05. The molecule has 4 N–H and O–H groups in total. The monoisotopic (exact) mass is 309 g/mol. The van der Waals surface area contributed by atoms with Crippen molar-refractivity contribution in [3.8, 4) is 0 Å². The number of rotatable bonds is 6. The summed E-state index contributed by atoms with van der Waals surface area (Å²) in [7, 11) is 0. The van der Waals surface area contributed by atoms with E-state index in [-0.39, 0.29) is 23.8 Å². The zero-order chi connectivity index (χ0) is 16.1. The molecule has 0 aliphatic carbocycles. The van der Waals surface area contributed by atoms with Gasteiger partial charge in [-0.3, -0.25) is 0 Å². The highest BCUT2D eigenvalue weighted by atomic mass is 19.1. The van der Waals surface area contributed by atoms with E-state index < -0.39 is 11.6 Å². The van der Waals surface area contributed by atoms with Gasteiger partial charge in [0.05, 0.1) is 12.3 Å². The number of nitrogen functional groups attached to an aromatic ring is 1. The molecule has 1 aromatic heterocycles. The molecule has 6 nitrogen and oxygen atoms in total. The number of hydrogen-bond acceptors (Lipinski definition) is 6. The van der Waals surface area contributed by atoms with Gasteiger partial charge in [-0.2, -0.15) is 0 Å². The Hall–Kier alpha value is -2.48. The van der Waals surface area contributed by atoms with Crippen molar-refractivity contribution >= 4 is 23.0 Å². The molecule has 0 saturated heterocycles. The SMILES string of the molecule is CCN(CCO)c1ncnc(Nc2cc(F)ccc2F)c1N. The van der Waals surface area contributed by atoms with Crippen molar-refractivity contribution in [2.45, 2.75) is 6.92 Å². The Balaban J connectivity index is 2.34. The van der Waals surface area contributed by atoms with E-state index >= 15 is 0 Å². The van der Waals surface area contributed by atoms with Gasteiger partial charge in [-0.15, -0.1) is 0 Å². The maximum atomic E-state index is 13.7. The predicted molar refractivity (Wildman–Crippen MR) is 81.1 cm³/mol. The summed E-state index contributed by atoms with van der Waals surface area (Å²) in [6.45, 7) is 2.76. The first-order chi connectivity index (χ1) is 10.6. The van der Waals surface area contributed by atoms with Crippen LogP contribution in [0.5, 0.6) is 0 Å². The summed E-state index contributed by atoms with van der Waals surface area (Å²) in [4.78, 5) is 9.79. The van der Waals surface area contributed by atoms with Crippen LogP contribution >= 0.6 is 0 Å². The molecular weight excluding hydrogens is 292 g/mol. The average Bonchev–Trinajstić information content (AvgIpc) is 2.51. The van der Waals surface area contributed by atoms with E-state index in [4.69, 9.17) is 10.8 Å². The fraction of sp³-hybridized carbons (Fsp3) is 0.286. The Morgan fingerprint density at radius 1 is 1.32 bits per heavy atom. The Morgan fingerprint density at radius 3 is 2.77 bits per heavy atom. The van der Waals surface area contributed by atoms with Gasteiger partial charge in [0.25, 0.3) is 0 Å². The van der Waals surface area contributed by atoms with Gasteiger partial charge in [0.2, 0.25) is 0 Å². The second-order valence-corrected chi connectivity index (χ2v) is 4.51. The van der Waals surface area contributed by atoms with Crippen LogP contribution in [0.2, 0.25) is 0 Å². The highest BCUT2D eigenvalue weighted by Crippen LogP contribution is 2.29. The van der Waals surface area contributed by atoms with Crippen LogP contribution in [0.4, 0.5) is 31.8 Å². The number of aliphatic hydroxyl groups is 1. The van der Waals surface area contributed by atoms with Crippen molar-refractivity contribution in [3.63, 3.8) is 0 Å². The van der Waals surface area contributed by atoms with Crippen LogP contribution in [0.1, 0.15) is 6.92 Å². The van der Waals surface area contributed by atoms with Gasteiger partial charge < -0.3 is 21.1 Å². The summed E-state index contributed by atoms with van der Waals surface area (Å²) in [5.74, 6) is -0.604. The minimum atomic E-state index is -0.622. The minimum absolute atomic E-state index is 0.0570. The van der Waals surface area contributed by atoms with Crippen LogP contribution in [0.3, 0.4) is 0 Å². The van der Waals surface area contributed by atoms with Gasteiger partial charge in [0, 0.05) is 19.2 Å². The summed E-state index contributed by atoms with van der Waals surface area (Å²) in [6.07, 6.45) is 1.27. The molecule has 2 rings (SSSR count). The van der Waals surface area contributed by atoms with Crippen LogP contribution in [0.15, 0.2) is 24.5 Å². The van der Waals surface area contributed by atoms with E-state index in [2.05, 4.69) is 15.3 Å². The molecule has 0 bridgehead atoms. The molecule has 1 heterocycles. The molecule has 0 spiro atoms. The number of anilines is 4. The van der Waals surface area contributed by atoms with Crippen LogP contribution in [0, 0.1) is 11.6 Å². The number of aliphatic hydroxyl groups excluding tert-OH is 1. The third-order valence-electron chi connectivity index (χ3n) is 3.10. The van der Waals surface area contributed by atoms with E-state index in [9.17, 15) is 8.78 Å². The van der Waals surface area contributed by atoms with Crippen molar-refractivity contribution in [3.05, 3.63) is 36.2 Å². The minimum Gasteiger partial charge on any atom is -0.395 e. The van der Waals surface area contributed by atoms with Gasteiger partial charge in [-0.1, -0.05) is 0 Å². The third-order valence-corrected chi connectivity index (χ3v) is 3.10. The molecule has 22 heavy (non-hydrogen) atoms. The molecule has 118 valence electrons. The maximum Gasteiger partial charge on any atom is 0.159 e. The van der Waals surface area contributed by atoms with Gasteiger partial charge >= 0.3 is 0 Å². The van der Waals surface area contributed by atoms with Crippen LogP contribution in [-0.2, 0) is 0 Å². The summed E-state index contributed by atoms with van der Waals surface area (Å²) in [5.41, 5.74) is 6.13. The molecular formula is C14H17F2N5O. The standard InChI is InChI=1S/C14H17F2N5O/c1-2-21(5-6-22)14-12(17)13(18-8-19-14)20-11-7-9(15)3-4-10(11)16/h3-4,7-8,22H,2,5-6,17H2,1H3,(H,18,19,20). The molecule has 0 unspecified atom stereocenters. The molecule has 2 aromatic rings. The quantitative estimate of drug-likeness (QED) is 0.755. The first-order valence-electron chi connectivity index (χ1n) is 6.75. The van der Waals surface area contributed by atoms with E-state index in [1.807, 2.05) is 6.92 Å². The first kappa shape index (κ1) is 15.9. The Morgan fingerprint density at radius 2 is 2.09 bits per heavy atom. The van der Waals surface area contributed by atoms with Crippen molar-refractivity contribution < 1.29 is 13.9 Å². The summed E-state index contributed by atoms with van der Waals surface area (Å²) in [5, 5.41) is 11.7. The number of hydrogen-bond donors (Lipinski definition) is 3. The molecule has 8 heteroatoms. The van der Waals surface area contributed by atoms with Crippen LogP contribution in [-0.4, -0.2) is 34.8 Å². The predicted octanol–water partition coefficient (Wildman–Crippen LogP) is 1.90. The fourth-order valence-electron chi connectivity index (χ4n) is 1.99. The number of halogens is 2. The molecule has 0 radical (unpaired) electrons. The van der Waals surface area contributed by atoms with Gasteiger partial charge in [-0.25, -0.2) is 18.7 Å². The second-order valence-electron chi connectivity index (χ2n) is 4.51. The Labute approximate surface area is 126 Å². The Bertz CT molecular complexity index is 653. The third kappa shape index (κ3) is 3.40. The highest BCUT2D eigenvalue weighted by molar-refractivity contribution is 5.78. The Kier molecular flexibility index (Phi) is 5.05. The maximum absolute atomic E-state index is 13.7. The second kappa shape index (κ2) is 6.99. The average molecular weight is 309 g/mol. The van der Waals surface area contributed by atoms with Crippen molar-refractivity contribution in [1.82, 2.24) is 9.97 Å². The largest absolute Gasteiger partial charge is 0.395 e. The zero-order valence-corrected chi connectivity index (χ0v) is 12.1. The molecule has 0 aliphatic rings. The number of nitrogens with two attached hydrogens (primary N) is 1. The lowest BCUT2D eigenvalue weighted by atomic mass is 10.3. The first-order valence-corrected chi connectivity index (χ1v) is 6.75. The topological polar surface area (TPSA) is 87.3 Å². The molecule has 0 fully saturated rings. The van der Waals surface area contributed by atoms with E-state index in [0.29, 0.717) is 18.9 Å². The van der Waals surface area contributed by atoms with Crippen LogP contribution < -0.4 is 16.0 Å². The number of likely N-dealkylation sites (N-methyl/N-ethyl adjacent to an activating group) is 1. The summed E-state index contributed by atoms with van der Waals surface area (Å²) < 4.78 is 26.9. The smallest absolute Gasteiger partial charge is 0.159 e. The number of nitrogens with one attached hydrogen (secondary N) is 1. The highest BCUT2D eigenvalue weighted by Gasteiger charge is 2.15. The molecule has 1 aromatic carbocycles. The normalized spacial score (nSPS) is 10.5. The van der Waals surface area contributed by atoms with Gasteiger partial charge in [0.15, 0.2) is 11.6 Å². The molecule has 0 aliphatic heterocycles. The lowest BCUT2D eigenvalue weighted by Crippen LogP contribution is -2.28. The number of nitrogens with zero attached hydrogens (tertiary/aromatic N) is 3. The number of benzene rings is 1. The lowest BCUT2D eigenvalue weighted by molar-refractivity contribution is 0.302. The van der Waals surface area contributed by atoms with E-state index in [1.54, 1.807) is 4.90 Å². The molecule has 0 amide bonds.